The Bertz CT molecular complexity index is 539. The third kappa shape index (κ3) is 5.67. The SMILES string of the molecule is CNC(=O)Cc1cccc(NC(=O)[C@@H](N)CC2CCCCC2)c1. The van der Waals surface area contributed by atoms with E-state index in [9.17, 15) is 9.59 Å². The summed E-state index contributed by atoms with van der Waals surface area (Å²) in [6.45, 7) is 0. The lowest BCUT2D eigenvalue weighted by molar-refractivity contribution is -0.120. The van der Waals surface area contributed by atoms with E-state index in [1.807, 2.05) is 24.3 Å². The van der Waals surface area contributed by atoms with Crippen LogP contribution in [0.3, 0.4) is 0 Å². The summed E-state index contributed by atoms with van der Waals surface area (Å²) in [5, 5.41) is 5.46. The monoisotopic (exact) mass is 317 g/mol. The minimum absolute atomic E-state index is 0.0533. The molecule has 0 unspecified atom stereocenters. The Morgan fingerprint density at radius 1 is 1.26 bits per heavy atom. The predicted octanol–water partition coefficient (Wildman–Crippen LogP) is 2.21. The Hall–Kier alpha value is -1.88. The Balaban J connectivity index is 1.88. The van der Waals surface area contributed by atoms with Gasteiger partial charge in [-0.2, -0.15) is 0 Å². The maximum absolute atomic E-state index is 12.3. The fourth-order valence-electron chi connectivity index (χ4n) is 3.16. The molecule has 0 radical (unpaired) electrons. The molecule has 4 N–H and O–H groups in total. The molecular weight excluding hydrogens is 290 g/mol. The van der Waals surface area contributed by atoms with Crippen LogP contribution in [0, 0.1) is 5.92 Å². The molecule has 0 saturated heterocycles. The number of nitrogens with two attached hydrogens (primary N) is 1. The van der Waals surface area contributed by atoms with Gasteiger partial charge >= 0.3 is 0 Å². The average Bonchev–Trinajstić information content (AvgIpc) is 2.56. The third-order valence-corrected chi connectivity index (χ3v) is 4.49. The van der Waals surface area contributed by atoms with Crippen molar-refractivity contribution in [2.75, 3.05) is 12.4 Å². The minimum atomic E-state index is -0.472. The number of nitrogens with one attached hydrogen (secondary N) is 2. The predicted molar refractivity (Wildman–Crippen MR) is 92.0 cm³/mol. The summed E-state index contributed by atoms with van der Waals surface area (Å²) in [4.78, 5) is 23.7. The molecule has 0 bridgehead atoms. The zero-order valence-electron chi connectivity index (χ0n) is 13.8. The van der Waals surface area contributed by atoms with Crippen molar-refractivity contribution in [3.05, 3.63) is 29.8 Å². The second-order valence-corrected chi connectivity index (χ2v) is 6.39. The summed E-state index contributed by atoms with van der Waals surface area (Å²) in [5.41, 5.74) is 7.61. The van der Waals surface area contributed by atoms with Gasteiger partial charge in [0.2, 0.25) is 11.8 Å². The second-order valence-electron chi connectivity index (χ2n) is 6.39. The molecule has 0 aromatic heterocycles. The highest BCUT2D eigenvalue weighted by Crippen LogP contribution is 2.27. The van der Waals surface area contributed by atoms with Crippen LogP contribution >= 0.6 is 0 Å². The van der Waals surface area contributed by atoms with Crippen molar-refractivity contribution < 1.29 is 9.59 Å². The van der Waals surface area contributed by atoms with Crippen LogP contribution in [0.5, 0.6) is 0 Å². The standard InChI is InChI=1S/C18H27N3O2/c1-20-17(22)12-14-8-5-9-15(10-14)21-18(23)16(19)11-13-6-3-2-4-7-13/h5,8-10,13,16H,2-4,6-7,11-12,19H2,1H3,(H,20,22)(H,21,23)/t16-/m0/s1. The zero-order chi connectivity index (χ0) is 16.7. The van der Waals surface area contributed by atoms with Gasteiger partial charge in [0, 0.05) is 12.7 Å². The first-order valence-electron chi connectivity index (χ1n) is 8.44. The summed E-state index contributed by atoms with van der Waals surface area (Å²) >= 11 is 0. The van der Waals surface area contributed by atoms with Crippen LogP contribution in [-0.2, 0) is 16.0 Å². The maximum Gasteiger partial charge on any atom is 0.241 e. The van der Waals surface area contributed by atoms with Gasteiger partial charge in [0.05, 0.1) is 12.5 Å². The molecular formula is C18H27N3O2. The molecule has 1 aromatic rings. The van der Waals surface area contributed by atoms with Crippen molar-refractivity contribution in [2.45, 2.75) is 51.0 Å². The van der Waals surface area contributed by atoms with E-state index < -0.39 is 6.04 Å². The van der Waals surface area contributed by atoms with Crippen molar-refractivity contribution in [3.8, 4) is 0 Å². The number of carbonyl (C=O) groups is 2. The zero-order valence-corrected chi connectivity index (χ0v) is 13.8. The highest BCUT2D eigenvalue weighted by atomic mass is 16.2. The summed E-state index contributed by atoms with van der Waals surface area (Å²) in [5.74, 6) is 0.374. The number of likely N-dealkylation sites (N-methyl/N-ethyl adjacent to an activating group) is 1. The molecule has 0 spiro atoms. The van der Waals surface area contributed by atoms with Crippen molar-refractivity contribution in [2.24, 2.45) is 11.7 Å². The lowest BCUT2D eigenvalue weighted by Crippen LogP contribution is -2.37. The third-order valence-electron chi connectivity index (χ3n) is 4.49. The van der Waals surface area contributed by atoms with E-state index in [-0.39, 0.29) is 11.8 Å². The number of carbonyl (C=O) groups excluding carboxylic acids is 2. The van der Waals surface area contributed by atoms with Gasteiger partial charge in [-0.1, -0.05) is 44.2 Å². The highest BCUT2D eigenvalue weighted by molar-refractivity contribution is 5.94. The van der Waals surface area contributed by atoms with Crippen LogP contribution in [0.15, 0.2) is 24.3 Å². The van der Waals surface area contributed by atoms with E-state index in [0.29, 0.717) is 18.0 Å². The topological polar surface area (TPSA) is 84.2 Å². The van der Waals surface area contributed by atoms with Crippen LogP contribution in [-0.4, -0.2) is 24.9 Å². The first kappa shape index (κ1) is 17.5. The molecule has 0 heterocycles. The van der Waals surface area contributed by atoms with E-state index in [2.05, 4.69) is 10.6 Å². The van der Waals surface area contributed by atoms with E-state index in [1.54, 1.807) is 7.05 Å². The molecule has 5 heteroatoms. The van der Waals surface area contributed by atoms with Crippen molar-refractivity contribution in [3.63, 3.8) is 0 Å². The number of amides is 2. The van der Waals surface area contributed by atoms with Gasteiger partial charge in [0.25, 0.3) is 0 Å². The number of rotatable bonds is 6. The Morgan fingerprint density at radius 2 is 2.00 bits per heavy atom. The molecule has 1 fully saturated rings. The van der Waals surface area contributed by atoms with E-state index in [1.165, 1.54) is 32.1 Å². The lowest BCUT2D eigenvalue weighted by atomic mass is 9.85. The van der Waals surface area contributed by atoms with Gasteiger partial charge in [0.1, 0.15) is 0 Å². The fraction of sp³-hybridized carbons (Fsp3) is 0.556. The molecule has 23 heavy (non-hydrogen) atoms. The molecule has 0 aliphatic heterocycles. The highest BCUT2D eigenvalue weighted by Gasteiger charge is 2.21. The first-order valence-corrected chi connectivity index (χ1v) is 8.44. The number of hydrogen-bond acceptors (Lipinski definition) is 3. The minimum Gasteiger partial charge on any atom is -0.359 e. The largest absolute Gasteiger partial charge is 0.359 e. The summed E-state index contributed by atoms with van der Waals surface area (Å²) in [6, 6.07) is 6.87. The van der Waals surface area contributed by atoms with Crippen LogP contribution < -0.4 is 16.4 Å². The summed E-state index contributed by atoms with van der Waals surface area (Å²) in [7, 11) is 1.61. The number of anilines is 1. The average molecular weight is 317 g/mol. The molecule has 2 amide bonds. The molecule has 1 aliphatic rings. The number of hydrogen-bond donors (Lipinski definition) is 3. The first-order chi connectivity index (χ1) is 11.1. The maximum atomic E-state index is 12.3. The van der Waals surface area contributed by atoms with Gasteiger partial charge in [0.15, 0.2) is 0 Å². The quantitative estimate of drug-likeness (QED) is 0.752. The van der Waals surface area contributed by atoms with Gasteiger partial charge in [-0.15, -0.1) is 0 Å². The van der Waals surface area contributed by atoms with Crippen molar-refractivity contribution >= 4 is 17.5 Å². The molecule has 1 aliphatic carbocycles. The molecule has 1 aromatic carbocycles. The van der Waals surface area contributed by atoms with E-state index in [0.717, 1.165) is 12.0 Å². The summed E-state index contributed by atoms with van der Waals surface area (Å²) in [6.07, 6.45) is 7.22. The summed E-state index contributed by atoms with van der Waals surface area (Å²) < 4.78 is 0. The van der Waals surface area contributed by atoms with E-state index >= 15 is 0 Å². The number of benzene rings is 1. The molecule has 126 valence electrons. The molecule has 5 nitrogen and oxygen atoms in total. The molecule has 1 saturated carbocycles. The van der Waals surface area contributed by atoms with Crippen LogP contribution in [0.25, 0.3) is 0 Å². The smallest absolute Gasteiger partial charge is 0.241 e. The second kappa shape index (κ2) is 8.67. The Kier molecular flexibility index (Phi) is 6.59. The Morgan fingerprint density at radius 3 is 2.70 bits per heavy atom. The normalized spacial score (nSPS) is 16.6. The lowest BCUT2D eigenvalue weighted by Gasteiger charge is -2.24. The Labute approximate surface area is 138 Å². The van der Waals surface area contributed by atoms with Crippen LogP contribution in [0.1, 0.15) is 44.1 Å². The fourth-order valence-corrected chi connectivity index (χ4v) is 3.16. The van der Waals surface area contributed by atoms with Gasteiger partial charge < -0.3 is 16.4 Å². The van der Waals surface area contributed by atoms with Gasteiger partial charge in [-0.3, -0.25) is 9.59 Å². The van der Waals surface area contributed by atoms with Crippen molar-refractivity contribution in [1.29, 1.82) is 0 Å². The van der Waals surface area contributed by atoms with E-state index in [4.69, 9.17) is 5.73 Å². The molecule has 1 atom stereocenters. The van der Waals surface area contributed by atoms with Crippen LogP contribution in [0.2, 0.25) is 0 Å². The van der Waals surface area contributed by atoms with Crippen LogP contribution in [0.4, 0.5) is 5.69 Å². The van der Waals surface area contributed by atoms with Gasteiger partial charge in [-0.05, 0) is 30.0 Å². The van der Waals surface area contributed by atoms with Crippen molar-refractivity contribution in [1.82, 2.24) is 5.32 Å². The van der Waals surface area contributed by atoms with Gasteiger partial charge in [-0.25, -0.2) is 0 Å². The molecule has 2 rings (SSSR count).